The summed E-state index contributed by atoms with van der Waals surface area (Å²) in [5, 5.41) is 13.9. The van der Waals surface area contributed by atoms with E-state index in [0.29, 0.717) is 29.9 Å². The molecule has 0 unspecified atom stereocenters. The van der Waals surface area contributed by atoms with Crippen LogP contribution in [-0.2, 0) is 25.6 Å². The van der Waals surface area contributed by atoms with E-state index in [1.807, 2.05) is 11.6 Å². The Balaban J connectivity index is 1.29. The van der Waals surface area contributed by atoms with E-state index >= 15 is 4.39 Å². The van der Waals surface area contributed by atoms with E-state index in [1.54, 1.807) is 12.4 Å². The molecule has 44 heavy (non-hydrogen) atoms. The van der Waals surface area contributed by atoms with Crippen molar-refractivity contribution in [3.05, 3.63) is 75.5 Å². The Kier molecular flexibility index (Phi) is 7.45. The molecule has 2 N–H and O–H groups in total. The summed E-state index contributed by atoms with van der Waals surface area (Å²) < 4.78 is 70.6. The van der Waals surface area contributed by atoms with Crippen LogP contribution in [0.4, 0.5) is 27.6 Å². The van der Waals surface area contributed by atoms with Gasteiger partial charge in [-0.25, -0.2) is 4.39 Å². The molecule has 6 rings (SSSR count). The molecule has 1 amide bonds. The molecular formula is C31H35F5N6O2. The van der Waals surface area contributed by atoms with Crippen LogP contribution >= 0.6 is 0 Å². The first kappa shape index (κ1) is 30.4. The Hall–Kier alpha value is -3.61. The topological polar surface area (TPSA) is 93.8 Å². The van der Waals surface area contributed by atoms with E-state index in [-0.39, 0.29) is 23.2 Å². The lowest BCUT2D eigenvalue weighted by atomic mass is 9.41. The van der Waals surface area contributed by atoms with E-state index in [1.165, 1.54) is 18.2 Å². The van der Waals surface area contributed by atoms with E-state index in [2.05, 4.69) is 27.8 Å². The fourth-order valence-corrected chi connectivity index (χ4v) is 7.53. The Labute approximate surface area is 251 Å². The molecule has 3 fully saturated rings. The molecule has 0 atom stereocenters. The quantitative estimate of drug-likeness (QED) is 0.302. The monoisotopic (exact) mass is 618 g/mol. The summed E-state index contributed by atoms with van der Waals surface area (Å²) in [5.74, 6) is -0.434. The highest BCUT2D eigenvalue weighted by atomic mass is 19.4. The van der Waals surface area contributed by atoms with E-state index < -0.39 is 53.1 Å². The van der Waals surface area contributed by atoms with Crippen LogP contribution in [0, 0.1) is 22.6 Å². The lowest BCUT2D eigenvalue weighted by Gasteiger charge is -2.63. The highest BCUT2D eigenvalue weighted by molar-refractivity contribution is 6.04. The van der Waals surface area contributed by atoms with Gasteiger partial charge in [0, 0.05) is 31.7 Å². The lowest BCUT2D eigenvalue weighted by Crippen LogP contribution is -2.57. The summed E-state index contributed by atoms with van der Waals surface area (Å²) in [7, 11) is 1.84. The number of carbonyl (C=O) groups is 1. The second kappa shape index (κ2) is 10.8. The first-order valence-corrected chi connectivity index (χ1v) is 14.8. The highest BCUT2D eigenvalue weighted by Crippen LogP contribution is 2.68. The number of nitrogens with one attached hydrogen (secondary N) is 2. The van der Waals surface area contributed by atoms with Crippen molar-refractivity contribution < 1.29 is 26.7 Å². The number of amides is 1. The second-order valence-corrected chi connectivity index (χ2v) is 13.4. The zero-order chi connectivity index (χ0) is 31.5. The number of anilines is 1. The maximum Gasteiger partial charge on any atom is 0.406 e. The van der Waals surface area contributed by atoms with Gasteiger partial charge in [-0.2, -0.15) is 13.2 Å². The summed E-state index contributed by atoms with van der Waals surface area (Å²) in [6.45, 7) is 0.433. The third-order valence-corrected chi connectivity index (χ3v) is 9.63. The first-order valence-electron chi connectivity index (χ1n) is 14.8. The van der Waals surface area contributed by atoms with Crippen molar-refractivity contribution in [3.8, 4) is 0 Å². The van der Waals surface area contributed by atoms with Gasteiger partial charge in [0.25, 0.3) is 11.5 Å². The predicted molar refractivity (Wildman–Crippen MR) is 152 cm³/mol. The minimum absolute atomic E-state index is 0.0185. The Bertz CT molecular complexity index is 1630. The summed E-state index contributed by atoms with van der Waals surface area (Å²) in [6, 6.07) is 5.60. The number of nitrogens with zero attached hydrogens (tertiary/aromatic N) is 4. The van der Waals surface area contributed by atoms with E-state index in [4.69, 9.17) is 0 Å². The number of rotatable bonds is 10. The molecule has 2 heterocycles. The molecule has 236 valence electrons. The third-order valence-electron chi connectivity index (χ3n) is 9.63. The summed E-state index contributed by atoms with van der Waals surface area (Å²) in [4.78, 5) is 26.4. The number of alkyl halides is 4. The summed E-state index contributed by atoms with van der Waals surface area (Å²) in [5.41, 5.74) is -1.80. The Morgan fingerprint density at radius 2 is 1.89 bits per heavy atom. The van der Waals surface area contributed by atoms with Crippen molar-refractivity contribution in [3.63, 3.8) is 0 Å². The van der Waals surface area contributed by atoms with Crippen LogP contribution < -0.4 is 16.2 Å². The minimum Gasteiger partial charge on any atom is -0.320 e. The van der Waals surface area contributed by atoms with Gasteiger partial charge in [0.05, 0.1) is 17.8 Å². The van der Waals surface area contributed by atoms with Crippen LogP contribution in [0.2, 0.25) is 0 Å². The van der Waals surface area contributed by atoms with Crippen LogP contribution in [0.1, 0.15) is 72.8 Å². The number of carbonyl (C=O) groups excluding carboxylic acids is 1. The standard InChI is InChI=1S/C31H35F5N6O2/c1-19-9-29(10-19)13-30(14-29,27-40-38-18-41(27)2)21-3-4-23(33)24(8-21)39-25(43)22-7-20(11-37-16-28(15-32)5-6-28)12-42(26(22)44)17-31(34,35)36/h3-4,7-8,12,18-19,37H,5-6,9-11,13-17H2,1-2H3,(H,39,43). The lowest BCUT2D eigenvalue weighted by molar-refractivity contribution is -0.141. The number of halogens is 5. The van der Waals surface area contributed by atoms with Crippen molar-refractivity contribution in [2.45, 2.75) is 70.1 Å². The molecule has 13 heteroatoms. The largest absolute Gasteiger partial charge is 0.406 e. The van der Waals surface area contributed by atoms with Gasteiger partial charge < -0.3 is 19.8 Å². The van der Waals surface area contributed by atoms with Crippen LogP contribution in [0.3, 0.4) is 0 Å². The number of benzene rings is 1. The third kappa shape index (κ3) is 5.66. The number of pyridine rings is 1. The molecule has 3 aliphatic carbocycles. The molecule has 3 aliphatic rings. The normalized spacial score (nSPS) is 25.4. The van der Waals surface area contributed by atoms with Crippen molar-refractivity contribution in [1.29, 1.82) is 0 Å². The van der Waals surface area contributed by atoms with Crippen molar-refractivity contribution in [1.82, 2.24) is 24.6 Å². The number of aromatic nitrogens is 4. The van der Waals surface area contributed by atoms with E-state index in [9.17, 15) is 27.2 Å². The second-order valence-electron chi connectivity index (χ2n) is 13.4. The van der Waals surface area contributed by atoms with Gasteiger partial charge in [0.2, 0.25) is 0 Å². The molecule has 3 saturated carbocycles. The van der Waals surface area contributed by atoms with Gasteiger partial charge >= 0.3 is 6.18 Å². The SMILES string of the molecule is CC1CC2(C1)CC(c1ccc(F)c(NC(=O)c3cc(CNCC4(CF)CC4)cn(CC(F)(F)F)c3=O)c1)(c1nncn1C)C2. The van der Waals surface area contributed by atoms with Gasteiger partial charge in [-0.1, -0.05) is 13.0 Å². The Morgan fingerprint density at radius 1 is 1.16 bits per heavy atom. The van der Waals surface area contributed by atoms with Gasteiger partial charge in [-0.15, -0.1) is 10.2 Å². The van der Waals surface area contributed by atoms with Gasteiger partial charge in [0.1, 0.15) is 30.1 Å². The predicted octanol–water partition coefficient (Wildman–Crippen LogP) is 5.27. The highest BCUT2D eigenvalue weighted by Gasteiger charge is 2.62. The zero-order valence-electron chi connectivity index (χ0n) is 24.6. The maximum absolute atomic E-state index is 15.1. The van der Waals surface area contributed by atoms with Gasteiger partial charge in [-0.3, -0.25) is 14.0 Å². The molecular weight excluding hydrogens is 583 g/mol. The summed E-state index contributed by atoms with van der Waals surface area (Å²) >= 11 is 0. The minimum atomic E-state index is -4.72. The van der Waals surface area contributed by atoms with Crippen LogP contribution in [0.25, 0.3) is 0 Å². The molecule has 3 aromatic rings. The molecule has 0 radical (unpaired) electrons. The average Bonchev–Trinajstić information content (AvgIpc) is 3.58. The maximum atomic E-state index is 15.1. The first-order chi connectivity index (χ1) is 20.8. The summed E-state index contributed by atoms with van der Waals surface area (Å²) in [6.07, 6.45) is 3.09. The number of hydrogen-bond acceptors (Lipinski definition) is 5. The fourth-order valence-electron chi connectivity index (χ4n) is 7.53. The Morgan fingerprint density at radius 3 is 2.48 bits per heavy atom. The van der Waals surface area contributed by atoms with Crippen LogP contribution in [0.5, 0.6) is 0 Å². The molecule has 0 aliphatic heterocycles. The molecule has 2 aromatic heterocycles. The smallest absolute Gasteiger partial charge is 0.320 e. The fraction of sp³-hybridized carbons (Fsp3) is 0.548. The van der Waals surface area contributed by atoms with Crippen molar-refractivity contribution >= 4 is 11.6 Å². The van der Waals surface area contributed by atoms with Crippen molar-refractivity contribution in [2.24, 2.45) is 23.8 Å². The molecule has 8 nitrogen and oxygen atoms in total. The molecule has 1 aromatic carbocycles. The number of aryl methyl sites for hydroxylation is 1. The van der Waals surface area contributed by atoms with Gasteiger partial charge in [0.15, 0.2) is 0 Å². The molecule has 0 bridgehead atoms. The van der Waals surface area contributed by atoms with Gasteiger partial charge in [-0.05, 0) is 79.2 Å². The molecule has 0 saturated heterocycles. The van der Waals surface area contributed by atoms with Crippen LogP contribution in [-0.4, -0.2) is 44.6 Å². The average molecular weight is 619 g/mol. The van der Waals surface area contributed by atoms with Crippen LogP contribution in [0.15, 0.2) is 41.6 Å². The zero-order valence-corrected chi connectivity index (χ0v) is 24.6. The number of hydrogen-bond donors (Lipinski definition) is 2. The van der Waals surface area contributed by atoms with E-state index in [0.717, 1.165) is 43.3 Å². The molecule has 1 spiro atoms. The van der Waals surface area contributed by atoms with Crippen molar-refractivity contribution in [2.75, 3.05) is 18.5 Å².